The summed E-state index contributed by atoms with van der Waals surface area (Å²) in [5, 5.41) is 0.0954. The lowest BCUT2D eigenvalue weighted by molar-refractivity contribution is 0.0782. The fourth-order valence-corrected chi connectivity index (χ4v) is 4.87. The molecule has 146 valence electrons. The zero-order chi connectivity index (χ0) is 19.5. The third-order valence-corrected chi connectivity index (χ3v) is 6.44. The van der Waals surface area contributed by atoms with Crippen molar-refractivity contribution in [1.82, 2.24) is 14.5 Å². The van der Waals surface area contributed by atoms with Crippen LogP contribution < -0.4 is 4.72 Å². The quantitative estimate of drug-likeness (QED) is 0.795. The van der Waals surface area contributed by atoms with Gasteiger partial charge in [-0.25, -0.2) is 13.1 Å². The summed E-state index contributed by atoms with van der Waals surface area (Å²) >= 11 is 6.09. The fourth-order valence-electron chi connectivity index (χ4n) is 2.92. The van der Waals surface area contributed by atoms with Crippen LogP contribution >= 0.6 is 11.6 Å². The monoisotopic (exact) mass is 401 g/mol. The third-order valence-electron chi connectivity index (χ3n) is 4.21. The molecule has 1 amide bonds. The summed E-state index contributed by atoms with van der Waals surface area (Å²) in [5.74, 6) is -0.215. The van der Waals surface area contributed by atoms with Crippen molar-refractivity contribution in [3.8, 4) is 0 Å². The molecule has 0 bridgehead atoms. The van der Waals surface area contributed by atoms with E-state index in [0.717, 1.165) is 19.6 Å². The highest BCUT2D eigenvalue weighted by molar-refractivity contribution is 7.89. The molecule has 1 aromatic carbocycles. The Balaban J connectivity index is 2.15. The minimum atomic E-state index is -3.82. The highest BCUT2D eigenvalue weighted by Crippen LogP contribution is 2.24. The molecule has 0 aliphatic carbocycles. The van der Waals surface area contributed by atoms with E-state index in [2.05, 4.69) is 9.62 Å². The number of hydrogen-bond donors (Lipinski definition) is 1. The SMILES string of the molecule is CN(CCN1CCCC1)C(=O)c1ccc(Cl)c(S(=O)(=O)NC(C)(C)C)c1. The van der Waals surface area contributed by atoms with Gasteiger partial charge in [0, 0.05) is 31.2 Å². The smallest absolute Gasteiger partial charge is 0.253 e. The third kappa shape index (κ3) is 5.67. The molecule has 1 saturated heterocycles. The number of nitrogens with one attached hydrogen (secondary N) is 1. The average molecular weight is 402 g/mol. The van der Waals surface area contributed by atoms with Crippen LogP contribution in [0.1, 0.15) is 44.0 Å². The van der Waals surface area contributed by atoms with E-state index >= 15 is 0 Å². The summed E-state index contributed by atoms with van der Waals surface area (Å²) in [4.78, 5) is 16.5. The van der Waals surface area contributed by atoms with Gasteiger partial charge in [-0.2, -0.15) is 0 Å². The van der Waals surface area contributed by atoms with Crippen molar-refractivity contribution < 1.29 is 13.2 Å². The molecule has 1 aliphatic heterocycles. The van der Waals surface area contributed by atoms with E-state index < -0.39 is 15.6 Å². The summed E-state index contributed by atoms with van der Waals surface area (Å²) in [5.41, 5.74) is -0.332. The minimum absolute atomic E-state index is 0.0760. The number of likely N-dealkylation sites (N-methyl/N-ethyl adjacent to an activating group) is 1. The van der Waals surface area contributed by atoms with Crippen LogP contribution in [0.3, 0.4) is 0 Å². The Bertz CT molecular complexity index is 753. The molecule has 8 heteroatoms. The summed E-state index contributed by atoms with van der Waals surface area (Å²) in [6, 6.07) is 4.37. The first-order chi connectivity index (χ1) is 12.0. The lowest BCUT2D eigenvalue weighted by atomic mass is 10.1. The number of benzene rings is 1. The predicted octanol–water partition coefficient (Wildman–Crippen LogP) is 2.58. The number of sulfonamides is 1. The number of carbonyl (C=O) groups excluding carboxylic acids is 1. The molecule has 1 aromatic rings. The van der Waals surface area contributed by atoms with E-state index in [4.69, 9.17) is 11.6 Å². The Hall–Kier alpha value is -1.15. The van der Waals surface area contributed by atoms with Gasteiger partial charge < -0.3 is 9.80 Å². The van der Waals surface area contributed by atoms with E-state index in [0.29, 0.717) is 12.1 Å². The van der Waals surface area contributed by atoms with Crippen molar-refractivity contribution in [2.45, 2.75) is 44.0 Å². The van der Waals surface area contributed by atoms with Crippen molar-refractivity contribution in [2.75, 3.05) is 33.2 Å². The van der Waals surface area contributed by atoms with Crippen LogP contribution in [0.5, 0.6) is 0 Å². The average Bonchev–Trinajstić information content (AvgIpc) is 3.03. The Morgan fingerprint density at radius 1 is 1.27 bits per heavy atom. The lowest BCUT2D eigenvalue weighted by Gasteiger charge is -2.23. The van der Waals surface area contributed by atoms with Crippen molar-refractivity contribution >= 4 is 27.5 Å². The number of nitrogens with zero attached hydrogens (tertiary/aromatic N) is 2. The van der Waals surface area contributed by atoms with Crippen molar-refractivity contribution in [1.29, 1.82) is 0 Å². The first kappa shape index (κ1) is 21.2. The molecule has 1 fully saturated rings. The first-order valence-corrected chi connectivity index (χ1v) is 10.7. The zero-order valence-corrected chi connectivity index (χ0v) is 17.5. The fraction of sp³-hybridized carbons (Fsp3) is 0.611. The van der Waals surface area contributed by atoms with Gasteiger partial charge in [-0.3, -0.25) is 4.79 Å². The van der Waals surface area contributed by atoms with Gasteiger partial charge in [0.05, 0.1) is 5.02 Å². The highest BCUT2D eigenvalue weighted by atomic mass is 35.5. The first-order valence-electron chi connectivity index (χ1n) is 8.81. The maximum atomic E-state index is 12.7. The van der Waals surface area contributed by atoms with Crippen molar-refractivity contribution in [3.63, 3.8) is 0 Å². The van der Waals surface area contributed by atoms with Crippen LogP contribution in [0.15, 0.2) is 23.1 Å². The molecular weight excluding hydrogens is 374 g/mol. The van der Waals surface area contributed by atoms with Gasteiger partial charge >= 0.3 is 0 Å². The van der Waals surface area contributed by atoms with E-state index in [1.807, 2.05) is 0 Å². The Labute approximate surface area is 161 Å². The molecule has 1 N–H and O–H groups in total. The van der Waals surface area contributed by atoms with Crippen LogP contribution in [-0.4, -0.2) is 62.9 Å². The second kappa shape index (κ2) is 8.25. The van der Waals surface area contributed by atoms with E-state index in [-0.39, 0.29) is 15.8 Å². The van der Waals surface area contributed by atoms with E-state index in [9.17, 15) is 13.2 Å². The van der Waals surface area contributed by atoms with Gasteiger partial charge in [-0.05, 0) is 64.9 Å². The number of halogens is 1. The van der Waals surface area contributed by atoms with Gasteiger partial charge in [0.2, 0.25) is 10.0 Å². The Morgan fingerprint density at radius 2 is 1.88 bits per heavy atom. The van der Waals surface area contributed by atoms with Crippen LogP contribution in [-0.2, 0) is 10.0 Å². The van der Waals surface area contributed by atoms with Gasteiger partial charge in [-0.1, -0.05) is 11.6 Å². The molecule has 0 atom stereocenters. The molecular formula is C18H28ClN3O3S. The van der Waals surface area contributed by atoms with Gasteiger partial charge in [0.1, 0.15) is 4.90 Å². The van der Waals surface area contributed by atoms with Crippen LogP contribution in [0.4, 0.5) is 0 Å². The van der Waals surface area contributed by atoms with E-state index in [1.54, 1.807) is 38.8 Å². The summed E-state index contributed by atoms with van der Waals surface area (Å²) in [7, 11) is -2.09. The maximum Gasteiger partial charge on any atom is 0.253 e. The number of carbonyl (C=O) groups is 1. The van der Waals surface area contributed by atoms with Crippen LogP contribution in [0.25, 0.3) is 0 Å². The van der Waals surface area contributed by atoms with Crippen LogP contribution in [0, 0.1) is 0 Å². The van der Waals surface area contributed by atoms with E-state index in [1.165, 1.54) is 25.0 Å². The summed E-state index contributed by atoms with van der Waals surface area (Å²) < 4.78 is 27.7. The Morgan fingerprint density at radius 3 is 2.46 bits per heavy atom. The van der Waals surface area contributed by atoms with Gasteiger partial charge in [0.15, 0.2) is 0 Å². The summed E-state index contributed by atoms with van der Waals surface area (Å²) in [6.45, 7) is 8.82. The van der Waals surface area contributed by atoms with Gasteiger partial charge in [-0.15, -0.1) is 0 Å². The van der Waals surface area contributed by atoms with Crippen molar-refractivity contribution in [2.24, 2.45) is 0 Å². The molecule has 0 aromatic heterocycles. The molecule has 26 heavy (non-hydrogen) atoms. The molecule has 1 heterocycles. The number of likely N-dealkylation sites (tertiary alicyclic amines) is 1. The number of hydrogen-bond acceptors (Lipinski definition) is 4. The molecule has 0 saturated carbocycles. The second-order valence-corrected chi connectivity index (χ2v) is 9.83. The second-order valence-electron chi connectivity index (χ2n) is 7.78. The molecule has 0 unspecified atom stereocenters. The van der Waals surface area contributed by atoms with Crippen molar-refractivity contribution in [3.05, 3.63) is 28.8 Å². The maximum absolute atomic E-state index is 12.7. The number of rotatable bonds is 6. The topological polar surface area (TPSA) is 69.7 Å². The predicted molar refractivity (Wildman–Crippen MR) is 104 cm³/mol. The minimum Gasteiger partial charge on any atom is -0.340 e. The molecule has 0 radical (unpaired) electrons. The zero-order valence-electron chi connectivity index (χ0n) is 15.9. The highest BCUT2D eigenvalue weighted by Gasteiger charge is 2.26. The normalized spacial score (nSPS) is 16.0. The summed E-state index contributed by atoms with van der Waals surface area (Å²) in [6.07, 6.45) is 2.41. The standard InChI is InChI=1S/C18H28ClN3O3S/c1-18(2,3)20-26(24,25)16-13-14(7-8-15(16)19)17(23)21(4)11-12-22-9-5-6-10-22/h7-8,13,20H,5-6,9-12H2,1-4H3. The Kier molecular flexibility index (Phi) is 6.71. The van der Waals surface area contributed by atoms with Crippen LogP contribution in [0.2, 0.25) is 5.02 Å². The lowest BCUT2D eigenvalue weighted by Crippen LogP contribution is -2.40. The number of amides is 1. The largest absolute Gasteiger partial charge is 0.340 e. The molecule has 6 nitrogen and oxygen atoms in total. The molecule has 2 rings (SSSR count). The molecule has 0 spiro atoms. The van der Waals surface area contributed by atoms with Gasteiger partial charge in [0.25, 0.3) is 5.91 Å². The molecule has 1 aliphatic rings.